The van der Waals surface area contributed by atoms with Gasteiger partial charge < -0.3 is 9.84 Å². The molecule has 3 aromatic rings. The highest BCUT2D eigenvalue weighted by Crippen LogP contribution is 2.36. The van der Waals surface area contributed by atoms with Gasteiger partial charge in [-0.1, -0.05) is 11.6 Å². The fourth-order valence-corrected chi connectivity index (χ4v) is 3.41. The van der Waals surface area contributed by atoms with E-state index in [0.717, 1.165) is 24.0 Å². The third kappa shape index (κ3) is 2.85. The van der Waals surface area contributed by atoms with Gasteiger partial charge in [0.15, 0.2) is 5.82 Å². The smallest absolute Gasteiger partial charge is 0.159 e. The molecule has 0 radical (unpaired) electrons. The molecule has 1 saturated heterocycles. The van der Waals surface area contributed by atoms with Gasteiger partial charge in [0, 0.05) is 30.6 Å². The molecule has 1 fully saturated rings. The largest absolute Gasteiger partial charge is 0.495 e. The van der Waals surface area contributed by atoms with Crippen molar-refractivity contribution < 1.29 is 9.84 Å². The average Bonchev–Trinajstić information content (AvgIpc) is 3.28. The number of aliphatic hydroxyl groups excluding tert-OH is 1. The summed E-state index contributed by atoms with van der Waals surface area (Å²) in [7, 11) is 1.61. The van der Waals surface area contributed by atoms with E-state index < -0.39 is 0 Å². The lowest BCUT2D eigenvalue weighted by Gasteiger charge is -2.08. The van der Waals surface area contributed by atoms with E-state index in [4.69, 9.17) is 21.4 Å². The van der Waals surface area contributed by atoms with Gasteiger partial charge in [0.2, 0.25) is 0 Å². The lowest BCUT2D eigenvalue weighted by molar-refractivity contribution is 0.275. The fourth-order valence-electron chi connectivity index (χ4n) is 3.17. The number of benzene rings is 1. The third-order valence-electron chi connectivity index (χ3n) is 4.49. The summed E-state index contributed by atoms with van der Waals surface area (Å²) in [6.07, 6.45) is 2.07. The highest BCUT2D eigenvalue weighted by molar-refractivity contribution is 6.32. The van der Waals surface area contributed by atoms with Crippen LogP contribution in [0.4, 0.5) is 0 Å². The van der Waals surface area contributed by atoms with Crippen molar-refractivity contribution in [1.82, 2.24) is 25.6 Å². The maximum absolute atomic E-state index is 9.16. The average molecular weight is 360 g/mol. The van der Waals surface area contributed by atoms with Crippen molar-refractivity contribution in [2.75, 3.05) is 20.2 Å². The first kappa shape index (κ1) is 16.3. The van der Waals surface area contributed by atoms with Gasteiger partial charge in [-0.25, -0.2) is 0 Å². The predicted octanol–water partition coefficient (Wildman–Crippen LogP) is 1.77. The van der Waals surface area contributed by atoms with E-state index in [0.29, 0.717) is 28.2 Å². The molecule has 2 aromatic heterocycles. The summed E-state index contributed by atoms with van der Waals surface area (Å²) in [5, 5.41) is 19.0. The molecule has 0 amide bonds. The second-order valence-corrected chi connectivity index (χ2v) is 6.37. The fraction of sp³-hybridized carbons (Fsp3) is 0.294. The zero-order valence-electron chi connectivity index (χ0n) is 13.7. The van der Waals surface area contributed by atoms with Crippen molar-refractivity contribution >= 4 is 22.5 Å². The summed E-state index contributed by atoms with van der Waals surface area (Å²) in [6.45, 7) is 1.56. The topological polar surface area (TPSA) is 84.2 Å². The quantitative estimate of drug-likeness (QED) is 0.658. The van der Waals surface area contributed by atoms with E-state index in [-0.39, 0.29) is 6.61 Å². The van der Waals surface area contributed by atoms with Gasteiger partial charge in [0.25, 0.3) is 0 Å². The second-order valence-electron chi connectivity index (χ2n) is 5.96. The summed E-state index contributed by atoms with van der Waals surface area (Å²) in [5.74, 6) is 1.65. The molecule has 4 rings (SSSR count). The van der Waals surface area contributed by atoms with E-state index in [1.807, 2.05) is 22.8 Å². The number of hydrazine groups is 1. The van der Waals surface area contributed by atoms with Crippen LogP contribution in [-0.2, 0) is 6.61 Å². The lowest BCUT2D eigenvalue weighted by atomic mass is 9.99. The van der Waals surface area contributed by atoms with Crippen molar-refractivity contribution in [3.05, 3.63) is 46.7 Å². The summed E-state index contributed by atoms with van der Waals surface area (Å²) in [4.78, 5) is 0. The molecule has 1 aliphatic rings. The Balaban J connectivity index is 1.91. The van der Waals surface area contributed by atoms with Crippen LogP contribution in [0.3, 0.4) is 0 Å². The van der Waals surface area contributed by atoms with Crippen LogP contribution in [0.15, 0.2) is 30.5 Å². The molecule has 1 aromatic carbocycles. The van der Waals surface area contributed by atoms with Crippen LogP contribution in [0.2, 0.25) is 5.02 Å². The van der Waals surface area contributed by atoms with Crippen LogP contribution in [0, 0.1) is 0 Å². The number of ether oxygens (including phenoxy) is 1. The van der Waals surface area contributed by atoms with Gasteiger partial charge in [-0.3, -0.25) is 15.4 Å². The van der Waals surface area contributed by atoms with E-state index in [9.17, 15) is 0 Å². The SMILES string of the molecule is COc1cc2c(C3CNNC3)cn(-c3ccc(CO)nn3)c2cc1Cl. The van der Waals surface area contributed by atoms with Gasteiger partial charge in [0.1, 0.15) is 5.75 Å². The number of aromatic nitrogens is 3. The number of nitrogens with zero attached hydrogens (tertiary/aromatic N) is 3. The zero-order chi connectivity index (χ0) is 17.4. The molecule has 3 heterocycles. The van der Waals surface area contributed by atoms with Crippen molar-refractivity contribution in [3.63, 3.8) is 0 Å². The van der Waals surface area contributed by atoms with Gasteiger partial charge >= 0.3 is 0 Å². The Morgan fingerprint density at radius 1 is 1.28 bits per heavy atom. The van der Waals surface area contributed by atoms with E-state index in [2.05, 4.69) is 27.2 Å². The Morgan fingerprint density at radius 3 is 2.72 bits per heavy atom. The van der Waals surface area contributed by atoms with Crippen LogP contribution in [0.1, 0.15) is 17.2 Å². The molecule has 0 spiro atoms. The molecule has 3 N–H and O–H groups in total. The van der Waals surface area contributed by atoms with Crippen LogP contribution >= 0.6 is 11.6 Å². The van der Waals surface area contributed by atoms with Crippen LogP contribution in [0.5, 0.6) is 5.75 Å². The molecule has 0 bridgehead atoms. The standard InChI is InChI=1S/C17H18ClN5O2/c1-25-16-4-12-13(10-6-19-20-7-10)8-23(15(12)5-14(16)18)17-3-2-11(9-24)21-22-17/h2-5,8,10,19-20,24H,6-7,9H2,1H3. The van der Waals surface area contributed by atoms with Crippen molar-refractivity contribution in [1.29, 1.82) is 0 Å². The van der Waals surface area contributed by atoms with E-state index in [1.165, 1.54) is 5.56 Å². The van der Waals surface area contributed by atoms with Crippen molar-refractivity contribution in [2.24, 2.45) is 0 Å². The molecule has 8 heteroatoms. The Labute approximate surface area is 149 Å². The Kier molecular flexibility index (Phi) is 4.30. The first-order chi connectivity index (χ1) is 12.2. The number of nitrogens with one attached hydrogen (secondary N) is 2. The number of halogens is 1. The van der Waals surface area contributed by atoms with E-state index in [1.54, 1.807) is 13.2 Å². The molecule has 0 aliphatic carbocycles. The van der Waals surface area contributed by atoms with Crippen LogP contribution in [-0.4, -0.2) is 40.1 Å². The van der Waals surface area contributed by atoms with E-state index >= 15 is 0 Å². The first-order valence-corrected chi connectivity index (χ1v) is 8.37. The minimum atomic E-state index is -0.132. The summed E-state index contributed by atoms with van der Waals surface area (Å²) in [5.41, 5.74) is 9.00. The van der Waals surface area contributed by atoms with Crippen LogP contribution < -0.4 is 15.6 Å². The second kappa shape index (κ2) is 6.61. The van der Waals surface area contributed by atoms with Crippen molar-refractivity contribution in [2.45, 2.75) is 12.5 Å². The molecule has 130 valence electrons. The minimum absolute atomic E-state index is 0.132. The molecular formula is C17H18ClN5O2. The lowest BCUT2D eigenvalue weighted by Crippen LogP contribution is -2.21. The number of hydrogen-bond donors (Lipinski definition) is 3. The molecule has 1 aliphatic heterocycles. The number of rotatable bonds is 4. The summed E-state index contributed by atoms with van der Waals surface area (Å²) in [6, 6.07) is 7.46. The minimum Gasteiger partial charge on any atom is -0.495 e. The monoisotopic (exact) mass is 359 g/mol. The summed E-state index contributed by atoms with van der Waals surface area (Å²) < 4.78 is 7.36. The third-order valence-corrected chi connectivity index (χ3v) is 4.78. The highest BCUT2D eigenvalue weighted by atomic mass is 35.5. The number of hydrogen-bond acceptors (Lipinski definition) is 6. The number of fused-ring (bicyclic) bond motifs is 1. The number of aliphatic hydroxyl groups is 1. The van der Waals surface area contributed by atoms with Crippen molar-refractivity contribution in [3.8, 4) is 11.6 Å². The number of methoxy groups -OCH3 is 1. The highest BCUT2D eigenvalue weighted by Gasteiger charge is 2.23. The predicted molar refractivity (Wildman–Crippen MR) is 95.1 cm³/mol. The van der Waals surface area contributed by atoms with Gasteiger partial charge in [-0.05, 0) is 29.8 Å². The maximum Gasteiger partial charge on any atom is 0.159 e. The van der Waals surface area contributed by atoms with Gasteiger partial charge in [-0.15, -0.1) is 5.10 Å². The molecular weight excluding hydrogens is 342 g/mol. The Morgan fingerprint density at radius 2 is 2.08 bits per heavy atom. The molecule has 0 saturated carbocycles. The Hall–Kier alpha value is -2.19. The van der Waals surface area contributed by atoms with Gasteiger partial charge in [-0.2, -0.15) is 5.10 Å². The van der Waals surface area contributed by atoms with Crippen LogP contribution in [0.25, 0.3) is 16.7 Å². The normalized spacial score (nSPS) is 15.2. The molecule has 0 unspecified atom stereocenters. The first-order valence-electron chi connectivity index (χ1n) is 7.99. The maximum atomic E-state index is 9.16. The zero-order valence-corrected chi connectivity index (χ0v) is 14.4. The molecule has 0 atom stereocenters. The summed E-state index contributed by atoms with van der Waals surface area (Å²) >= 11 is 6.35. The molecule has 25 heavy (non-hydrogen) atoms. The Bertz CT molecular complexity index is 904. The molecule has 7 nitrogen and oxygen atoms in total. The van der Waals surface area contributed by atoms with Gasteiger partial charge in [0.05, 0.1) is 29.9 Å².